The minimum Gasteiger partial charge on any atom is -0.505 e. The van der Waals surface area contributed by atoms with Gasteiger partial charge in [0.15, 0.2) is 0 Å². The van der Waals surface area contributed by atoms with E-state index in [0.29, 0.717) is 33.9 Å². The van der Waals surface area contributed by atoms with Gasteiger partial charge in [0.25, 0.3) is 0 Å². The van der Waals surface area contributed by atoms with Crippen LogP contribution in [0.25, 0.3) is 0 Å². The Bertz CT molecular complexity index is 1210. The molecule has 0 radical (unpaired) electrons. The van der Waals surface area contributed by atoms with Crippen LogP contribution in [0.2, 0.25) is 0 Å². The van der Waals surface area contributed by atoms with E-state index in [0.717, 1.165) is 11.4 Å². The van der Waals surface area contributed by atoms with E-state index in [2.05, 4.69) is 5.32 Å². The third-order valence-corrected chi connectivity index (χ3v) is 5.29. The molecule has 32 heavy (non-hydrogen) atoms. The molecular formula is C26H26N4O2. The second kappa shape index (κ2) is 8.59. The third-order valence-electron chi connectivity index (χ3n) is 5.29. The Morgan fingerprint density at radius 2 is 1.41 bits per heavy atom. The summed E-state index contributed by atoms with van der Waals surface area (Å²) < 4.78 is 0. The summed E-state index contributed by atoms with van der Waals surface area (Å²) in [6.07, 6.45) is 1.71. The monoisotopic (exact) mass is 426 g/mol. The number of rotatable bonds is 5. The molecule has 0 unspecified atom stereocenters. The number of nitrogens with zero attached hydrogens (tertiary/aromatic N) is 3. The normalized spacial score (nSPS) is 14.1. The highest BCUT2D eigenvalue weighted by Crippen LogP contribution is 2.42. The van der Waals surface area contributed by atoms with Crippen LogP contribution in [0.1, 0.15) is 15.9 Å². The maximum Gasteiger partial charge on any atom is 0.212 e. The second-order valence-electron chi connectivity index (χ2n) is 8.01. The van der Waals surface area contributed by atoms with Crippen LogP contribution in [0.5, 0.6) is 5.75 Å². The van der Waals surface area contributed by atoms with Crippen LogP contribution in [0.3, 0.4) is 0 Å². The number of benzene rings is 3. The van der Waals surface area contributed by atoms with Gasteiger partial charge in [-0.1, -0.05) is 36.4 Å². The van der Waals surface area contributed by atoms with E-state index in [9.17, 15) is 9.90 Å². The van der Waals surface area contributed by atoms with Crippen LogP contribution < -0.4 is 15.1 Å². The van der Waals surface area contributed by atoms with Crippen LogP contribution in [0, 0.1) is 0 Å². The molecule has 1 aliphatic rings. The largest absolute Gasteiger partial charge is 0.505 e. The van der Waals surface area contributed by atoms with Crippen molar-refractivity contribution in [1.82, 2.24) is 0 Å². The molecule has 3 aromatic carbocycles. The first-order valence-electron chi connectivity index (χ1n) is 10.3. The molecular weight excluding hydrogens is 400 g/mol. The minimum atomic E-state index is -0.194. The lowest BCUT2D eigenvalue weighted by Gasteiger charge is -2.28. The summed E-state index contributed by atoms with van der Waals surface area (Å²) >= 11 is 0. The van der Waals surface area contributed by atoms with Crippen molar-refractivity contribution in [3.05, 3.63) is 89.6 Å². The number of phenols is 1. The molecule has 3 aromatic rings. The predicted molar refractivity (Wildman–Crippen MR) is 132 cm³/mol. The van der Waals surface area contributed by atoms with Gasteiger partial charge in [0.05, 0.1) is 39.6 Å². The fourth-order valence-electron chi connectivity index (χ4n) is 3.73. The number of nitrogens with one attached hydrogen (secondary N) is 1. The third kappa shape index (κ3) is 3.95. The van der Waals surface area contributed by atoms with E-state index in [4.69, 9.17) is 4.99 Å². The van der Waals surface area contributed by atoms with E-state index in [-0.39, 0.29) is 11.5 Å². The van der Waals surface area contributed by atoms with E-state index in [1.54, 1.807) is 6.08 Å². The van der Waals surface area contributed by atoms with Crippen molar-refractivity contribution in [2.24, 2.45) is 4.99 Å². The maximum atomic E-state index is 13.6. The highest BCUT2D eigenvalue weighted by atomic mass is 16.3. The molecule has 0 spiro atoms. The summed E-state index contributed by atoms with van der Waals surface area (Å²) in [5.41, 5.74) is 4.66. The van der Waals surface area contributed by atoms with Crippen molar-refractivity contribution in [3.8, 4) is 5.75 Å². The fourth-order valence-corrected chi connectivity index (χ4v) is 3.73. The van der Waals surface area contributed by atoms with Crippen LogP contribution in [-0.4, -0.2) is 44.8 Å². The standard InChI is InChI=1S/C26H26N4O2/c1-29(2)21-16-22(30(3)4)26(32)23-19(27-17-11-7-5-8-12-17)15-20(25(31)24(21)23)28-18-13-9-6-10-14-18/h5-16,28,32H,1-4H3. The van der Waals surface area contributed by atoms with Crippen molar-refractivity contribution in [3.63, 3.8) is 0 Å². The molecule has 0 bridgehead atoms. The molecule has 0 fully saturated rings. The Kier molecular flexibility index (Phi) is 5.69. The number of hydrogen-bond donors (Lipinski definition) is 2. The second-order valence-corrected chi connectivity index (χ2v) is 8.01. The van der Waals surface area contributed by atoms with Gasteiger partial charge < -0.3 is 20.2 Å². The zero-order valence-corrected chi connectivity index (χ0v) is 18.6. The molecule has 0 saturated heterocycles. The van der Waals surface area contributed by atoms with Crippen LogP contribution in [-0.2, 0) is 0 Å². The smallest absolute Gasteiger partial charge is 0.212 e. The number of hydrogen-bond acceptors (Lipinski definition) is 6. The number of phenolic OH excluding ortho intramolecular Hbond substituents is 1. The summed E-state index contributed by atoms with van der Waals surface area (Å²) in [5.74, 6) is -0.159. The number of fused-ring (bicyclic) bond motifs is 1. The summed E-state index contributed by atoms with van der Waals surface area (Å²) in [6.45, 7) is 0. The topological polar surface area (TPSA) is 68.2 Å². The van der Waals surface area contributed by atoms with Gasteiger partial charge in [0.2, 0.25) is 5.78 Å². The zero-order valence-electron chi connectivity index (χ0n) is 18.6. The first-order chi connectivity index (χ1) is 15.4. The number of carbonyl (C=O) groups excluding carboxylic acids is 1. The Balaban J connectivity index is 1.98. The lowest BCUT2D eigenvalue weighted by Crippen LogP contribution is -2.26. The van der Waals surface area contributed by atoms with Crippen LogP contribution in [0.4, 0.5) is 22.7 Å². The van der Waals surface area contributed by atoms with Gasteiger partial charge in [-0.3, -0.25) is 4.79 Å². The van der Waals surface area contributed by atoms with Crippen LogP contribution in [0.15, 0.2) is 83.5 Å². The number of anilines is 3. The van der Waals surface area contributed by atoms with Crippen molar-refractivity contribution in [2.45, 2.75) is 0 Å². The van der Waals surface area contributed by atoms with E-state index >= 15 is 0 Å². The van der Waals surface area contributed by atoms with Crippen molar-refractivity contribution in [1.29, 1.82) is 0 Å². The molecule has 0 heterocycles. The molecule has 1 aliphatic carbocycles. The van der Waals surface area contributed by atoms with Crippen LogP contribution >= 0.6 is 0 Å². The number of aromatic hydroxyl groups is 1. The Labute approximate surface area is 188 Å². The molecule has 2 N–H and O–H groups in total. The van der Waals surface area contributed by atoms with E-state index in [1.165, 1.54) is 0 Å². The number of aliphatic imine (C=N–C) groups is 1. The Morgan fingerprint density at radius 1 is 0.812 bits per heavy atom. The molecule has 4 rings (SSSR count). The maximum absolute atomic E-state index is 13.6. The lowest BCUT2D eigenvalue weighted by molar-refractivity contribution is 0.103. The molecule has 6 nitrogen and oxygen atoms in total. The number of carbonyl (C=O) groups is 1. The first-order valence-corrected chi connectivity index (χ1v) is 10.3. The predicted octanol–water partition coefficient (Wildman–Crippen LogP) is 4.84. The average molecular weight is 427 g/mol. The number of ketones is 1. The molecule has 0 saturated carbocycles. The molecule has 162 valence electrons. The fraction of sp³-hybridized carbons (Fsp3) is 0.154. The van der Waals surface area contributed by atoms with E-state index in [1.807, 2.05) is 105 Å². The summed E-state index contributed by atoms with van der Waals surface area (Å²) in [4.78, 5) is 22.2. The molecule has 0 atom stereocenters. The van der Waals surface area contributed by atoms with Gasteiger partial charge in [0, 0.05) is 33.9 Å². The summed E-state index contributed by atoms with van der Waals surface area (Å²) in [6, 6.07) is 20.9. The molecule has 6 heteroatoms. The lowest BCUT2D eigenvalue weighted by atomic mass is 9.88. The van der Waals surface area contributed by atoms with Gasteiger partial charge in [-0.05, 0) is 36.4 Å². The SMILES string of the molecule is CN(C)c1cc(N(C)C)c2c(c1O)C(=Nc1ccccc1)C=C(Nc1ccccc1)C2=O. The Morgan fingerprint density at radius 3 is 2.00 bits per heavy atom. The number of para-hydroxylation sites is 2. The van der Waals surface area contributed by atoms with E-state index < -0.39 is 0 Å². The number of allylic oxidation sites excluding steroid dienone is 2. The molecule has 0 amide bonds. The number of Topliss-reactive ketones (excluding diaryl/α,β-unsaturated/α-hetero) is 1. The van der Waals surface area contributed by atoms with Crippen molar-refractivity contribution < 1.29 is 9.90 Å². The zero-order chi connectivity index (χ0) is 22.8. The van der Waals surface area contributed by atoms with Crippen molar-refractivity contribution in [2.75, 3.05) is 43.3 Å². The molecule has 0 aliphatic heterocycles. The summed E-state index contributed by atoms with van der Waals surface area (Å²) in [5, 5.41) is 14.4. The van der Waals surface area contributed by atoms with Gasteiger partial charge in [0.1, 0.15) is 5.75 Å². The van der Waals surface area contributed by atoms with Gasteiger partial charge in [-0.2, -0.15) is 0 Å². The average Bonchev–Trinajstić information content (AvgIpc) is 2.77. The Hall–Kier alpha value is -4.06. The minimum absolute atomic E-state index is 0.0358. The van der Waals surface area contributed by atoms with Gasteiger partial charge in [-0.15, -0.1) is 0 Å². The highest BCUT2D eigenvalue weighted by Gasteiger charge is 2.33. The highest BCUT2D eigenvalue weighted by molar-refractivity contribution is 6.30. The molecule has 0 aromatic heterocycles. The quantitative estimate of drug-likeness (QED) is 0.611. The summed E-state index contributed by atoms with van der Waals surface area (Å²) in [7, 11) is 7.49. The van der Waals surface area contributed by atoms with Crippen molar-refractivity contribution >= 4 is 34.2 Å². The van der Waals surface area contributed by atoms with Gasteiger partial charge in [-0.25, -0.2) is 4.99 Å². The first kappa shape index (κ1) is 21.2. The van der Waals surface area contributed by atoms with Gasteiger partial charge >= 0.3 is 0 Å².